The summed E-state index contributed by atoms with van der Waals surface area (Å²) in [6, 6.07) is 1.19. The first-order valence-electron chi connectivity index (χ1n) is 5.53. The number of carbonyl (C=O) groups excluding carboxylic acids is 1. The van der Waals surface area contributed by atoms with Gasteiger partial charge in [-0.05, 0) is 48.3 Å². The Morgan fingerprint density at radius 2 is 2.28 bits per heavy atom. The van der Waals surface area contributed by atoms with Crippen LogP contribution in [0.15, 0.2) is 22.9 Å². The van der Waals surface area contributed by atoms with E-state index in [1.807, 2.05) is 0 Å². The van der Waals surface area contributed by atoms with E-state index < -0.39 is 17.7 Å². The van der Waals surface area contributed by atoms with Gasteiger partial charge >= 0.3 is 6.09 Å². The quantitative estimate of drug-likeness (QED) is 0.898. The summed E-state index contributed by atoms with van der Waals surface area (Å²) in [5, 5.41) is 12.0. The van der Waals surface area contributed by atoms with Crippen LogP contribution in [0.2, 0.25) is 0 Å². The summed E-state index contributed by atoms with van der Waals surface area (Å²) >= 11 is 3.32. The van der Waals surface area contributed by atoms with Gasteiger partial charge in [0.2, 0.25) is 0 Å². The van der Waals surface area contributed by atoms with Gasteiger partial charge in [0.25, 0.3) is 0 Å². The monoisotopic (exact) mass is 316 g/mol. The van der Waals surface area contributed by atoms with Gasteiger partial charge in [-0.1, -0.05) is 0 Å². The first-order chi connectivity index (χ1) is 8.33. The van der Waals surface area contributed by atoms with E-state index in [4.69, 9.17) is 4.74 Å². The number of amides is 1. The van der Waals surface area contributed by atoms with Gasteiger partial charge in [-0.3, -0.25) is 4.98 Å². The SMILES string of the molecule is CC(C)(C)OC(=O)NC(CO)c1ccncc1Br. The largest absolute Gasteiger partial charge is 0.444 e. The van der Waals surface area contributed by atoms with Gasteiger partial charge in [0.1, 0.15) is 5.60 Å². The van der Waals surface area contributed by atoms with Gasteiger partial charge in [-0.15, -0.1) is 0 Å². The third-order valence-electron chi connectivity index (χ3n) is 2.05. The summed E-state index contributed by atoms with van der Waals surface area (Å²) < 4.78 is 5.86. The fraction of sp³-hybridized carbons (Fsp3) is 0.500. The van der Waals surface area contributed by atoms with Crippen LogP contribution in [0.5, 0.6) is 0 Å². The predicted octanol–water partition coefficient (Wildman–Crippen LogP) is 2.40. The Bertz CT molecular complexity index is 418. The summed E-state index contributed by atoms with van der Waals surface area (Å²) in [5.74, 6) is 0. The lowest BCUT2D eigenvalue weighted by molar-refractivity contribution is 0.0481. The van der Waals surface area contributed by atoms with Gasteiger partial charge in [0.15, 0.2) is 0 Å². The number of hydrogen-bond donors (Lipinski definition) is 2. The van der Waals surface area contributed by atoms with Crippen molar-refractivity contribution in [3.63, 3.8) is 0 Å². The summed E-state index contributed by atoms with van der Waals surface area (Å²) in [6.07, 6.45) is 2.64. The molecule has 0 saturated carbocycles. The molecule has 1 unspecified atom stereocenters. The van der Waals surface area contributed by atoms with Crippen molar-refractivity contribution in [2.24, 2.45) is 0 Å². The standard InChI is InChI=1S/C12H17BrN2O3/c1-12(2,3)18-11(17)15-10(7-16)8-4-5-14-6-9(8)13/h4-6,10,16H,7H2,1-3H3,(H,15,17). The smallest absolute Gasteiger partial charge is 0.408 e. The van der Waals surface area contributed by atoms with Crippen molar-refractivity contribution >= 4 is 22.0 Å². The zero-order valence-electron chi connectivity index (χ0n) is 10.6. The molecule has 0 aliphatic heterocycles. The van der Waals surface area contributed by atoms with Crippen LogP contribution in [0.4, 0.5) is 4.79 Å². The van der Waals surface area contributed by atoms with Gasteiger partial charge in [0.05, 0.1) is 12.6 Å². The van der Waals surface area contributed by atoms with Crippen molar-refractivity contribution in [1.29, 1.82) is 0 Å². The van der Waals surface area contributed by atoms with Crippen molar-refractivity contribution in [2.75, 3.05) is 6.61 Å². The molecular formula is C12H17BrN2O3. The van der Waals surface area contributed by atoms with Crippen LogP contribution in [0, 0.1) is 0 Å². The maximum Gasteiger partial charge on any atom is 0.408 e. The van der Waals surface area contributed by atoms with Crippen LogP contribution in [-0.4, -0.2) is 28.4 Å². The summed E-state index contributed by atoms with van der Waals surface area (Å²) in [4.78, 5) is 15.6. The van der Waals surface area contributed by atoms with Gasteiger partial charge in [0, 0.05) is 16.9 Å². The molecule has 100 valence electrons. The van der Waals surface area contributed by atoms with Crippen LogP contribution >= 0.6 is 15.9 Å². The molecule has 0 saturated heterocycles. The molecule has 1 aromatic heterocycles. The number of halogens is 1. The molecule has 1 aromatic rings. The number of nitrogens with zero attached hydrogens (tertiary/aromatic N) is 1. The Balaban J connectivity index is 2.74. The zero-order chi connectivity index (χ0) is 13.8. The molecule has 2 N–H and O–H groups in total. The molecular weight excluding hydrogens is 300 g/mol. The van der Waals surface area contributed by atoms with E-state index in [-0.39, 0.29) is 6.61 Å². The highest BCUT2D eigenvalue weighted by Crippen LogP contribution is 2.22. The van der Waals surface area contributed by atoms with Gasteiger partial charge in [-0.2, -0.15) is 0 Å². The first kappa shape index (κ1) is 14.9. The van der Waals surface area contributed by atoms with Crippen molar-refractivity contribution < 1.29 is 14.6 Å². The number of nitrogens with one attached hydrogen (secondary N) is 1. The number of ether oxygens (including phenoxy) is 1. The average molecular weight is 317 g/mol. The van der Waals surface area contributed by atoms with Gasteiger partial charge in [-0.25, -0.2) is 4.79 Å². The third-order valence-corrected chi connectivity index (χ3v) is 2.72. The highest BCUT2D eigenvalue weighted by molar-refractivity contribution is 9.10. The van der Waals surface area contributed by atoms with Crippen LogP contribution < -0.4 is 5.32 Å². The maximum atomic E-state index is 11.6. The zero-order valence-corrected chi connectivity index (χ0v) is 12.2. The van der Waals surface area contributed by atoms with E-state index in [2.05, 4.69) is 26.2 Å². The minimum Gasteiger partial charge on any atom is -0.444 e. The van der Waals surface area contributed by atoms with Crippen LogP contribution in [-0.2, 0) is 4.74 Å². The molecule has 1 atom stereocenters. The second kappa shape index (κ2) is 6.15. The van der Waals surface area contributed by atoms with Crippen molar-refractivity contribution in [3.8, 4) is 0 Å². The third kappa shape index (κ3) is 4.62. The van der Waals surface area contributed by atoms with Crippen molar-refractivity contribution in [2.45, 2.75) is 32.4 Å². The molecule has 0 bridgehead atoms. The fourth-order valence-corrected chi connectivity index (χ4v) is 1.87. The molecule has 6 heteroatoms. The molecule has 0 aliphatic rings. The van der Waals surface area contributed by atoms with E-state index in [1.54, 1.807) is 39.2 Å². The Morgan fingerprint density at radius 1 is 1.61 bits per heavy atom. The maximum absolute atomic E-state index is 11.6. The summed E-state index contributed by atoms with van der Waals surface area (Å²) in [7, 11) is 0. The van der Waals surface area contributed by atoms with E-state index in [9.17, 15) is 9.90 Å². The Hall–Kier alpha value is -1.14. The molecule has 0 aromatic carbocycles. The molecule has 0 aliphatic carbocycles. The topological polar surface area (TPSA) is 71.5 Å². The lowest BCUT2D eigenvalue weighted by atomic mass is 10.1. The summed E-state index contributed by atoms with van der Waals surface area (Å²) in [6.45, 7) is 5.12. The van der Waals surface area contributed by atoms with Crippen LogP contribution in [0.3, 0.4) is 0 Å². The molecule has 0 radical (unpaired) electrons. The Labute approximate surface area is 115 Å². The lowest BCUT2D eigenvalue weighted by Gasteiger charge is -2.23. The number of rotatable bonds is 3. The number of aliphatic hydroxyl groups is 1. The molecule has 0 fully saturated rings. The second-order valence-corrected chi connectivity index (χ2v) is 5.63. The van der Waals surface area contributed by atoms with E-state index in [0.29, 0.717) is 0 Å². The van der Waals surface area contributed by atoms with Crippen LogP contribution in [0.25, 0.3) is 0 Å². The molecule has 1 amide bonds. The number of alkyl carbamates (subject to hydrolysis) is 1. The summed E-state index contributed by atoms with van der Waals surface area (Å²) in [5.41, 5.74) is 0.179. The fourth-order valence-electron chi connectivity index (χ4n) is 1.34. The minimum atomic E-state index is -0.570. The van der Waals surface area contributed by atoms with Gasteiger partial charge < -0.3 is 15.2 Å². The number of aromatic nitrogens is 1. The highest BCUT2D eigenvalue weighted by atomic mass is 79.9. The molecule has 0 spiro atoms. The van der Waals surface area contributed by atoms with E-state index in [1.165, 1.54) is 0 Å². The molecule has 5 nitrogen and oxygen atoms in total. The lowest BCUT2D eigenvalue weighted by Crippen LogP contribution is -2.36. The van der Waals surface area contributed by atoms with E-state index in [0.717, 1.165) is 10.0 Å². The first-order valence-corrected chi connectivity index (χ1v) is 6.32. The van der Waals surface area contributed by atoms with E-state index >= 15 is 0 Å². The average Bonchev–Trinajstić information content (AvgIpc) is 2.24. The Kier molecular flexibility index (Phi) is 5.10. The van der Waals surface area contributed by atoms with Crippen LogP contribution in [0.1, 0.15) is 32.4 Å². The number of hydrogen-bond acceptors (Lipinski definition) is 4. The van der Waals surface area contributed by atoms with Crippen molar-refractivity contribution in [3.05, 3.63) is 28.5 Å². The van der Waals surface area contributed by atoms with Crippen molar-refractivity contribution in [1.82, 2.24) is 10.3 Å². The molecule has 1 heterocycles. The normalized spacial score (nSPS) is 12.9. The second-order valence-electron chi connectivity index (χ2n) is 4.78. The number of aliphatic hydroxyl groups excluding tert-OH is 1. The Morgan fingerprint density at radius 3 is 2.78 bits per heavy atom. The molecule has 18 heavy (non-hydrogen) atoms. The molecule has 1 rings (SSSR count). The highest BCUT2D eigenvalue weighted by Gasteiger charge is 2.21. The number of carbonyl (C=O) groups is 1. The minimum absolute atomic E-state index is 0.220. The number of pyridine rings is 1. The predicted molar refractivity (Wildman–Crippen MR) is 71.1 cm³/mol.